The van der Waals surface area contributed by atoms with Gasteiger partial charge in [0.25, 0.3) is 0 Å². The Morgan fingerprint density at radius 2 is 1.94 bits per heavy atom. The van der Waals surface area contributed by atoms with Crippen LogP contribution in [0.1, 0.15) is 17.7 Å². The van der Waals surface area contributed by atoms with Gasteiger partial charge < -0.3 is 20.1 Å². The molecule has 1 unspecified atom stereocenters. The van der Waals surface area contributed by atoms with Crippen LogP contribution < -0.4 is 20.1 Å². The van der Waals surface area contributed by atoms with Crippen LogP contribution >= 0.6 is 0 Å². The summed E-state index contributed by atoms with van der Waals surface area (Å²) in [5.74, 6) is -2.73. The van der Waals surface area contributed by atoms with E-state index in [4.69, 9.17) is 4.74 Å². The molecule has 1 aliphatic rings. The van der Waals surface area contributed by atoms with Crippen LogP contribution in [0.5, 0.6) is 11.5 Å². The van der Waals surface area contributed by atoms with Gasteiger partial charge in [0.15, 0.2) is 11.6 Å². The molecule has 172 valence electrons. The number of hydrogen-bond donors (Lipinski definition) is 2. The normalized spacial score (nSPS) is 17.5. The number of ether oxygens (including phenoxy) is 2. The van der Waals surface area contributed by atoms with Crippen molar-refractivity contribution in [2.24, 2.45) is 0 Å². The maximum absolute atomic E-state index is 14.6. The van der Waals surface area contributed by atoms with Crippen molar-refractivity contribution in [1.29, 1.82) is 0 Å². The highest BCUT2D eigenvalue weighted by Gasteiger charge is 2.43. The van der Waals surface area contributed by atoms with E-state index >= 15 is 0 Å². The lowest BCUT2D eigenvalue weighted by molar-refractivity contribution is -0.275. The summed E-state index contributed by atoms with van der Waals surface area (Å²) in [4.78, 5) is 20.5. The van der Waals surface area contributed by atoms with Gasteiger partial charge in [-0.2, -0.15) is 4.39 Å². The average Bonchev–Trinajstić information content (AvgIpc) is 2.76. The Bertz CT molecular complexity index is 1170. The van der Waals surface area contributed by atoms with Gasteiger partial charge in [-0.15, -0.1) is 13.2 Å². The number of hydrogen-bond acceptors (Lipinski definition) is 5. The number of alkyl halides is 3. The van der Waals surface area contributed by atoms with Crippen molar-refractivity contribution < 1.29 is 36.2 Å². The predicted molar refractivity (Wildman–Crippen MR) is 105 cm³/mol. The van der Waals surface area contributed by atoms with Gasteiger partial charge in [0.05, 0.1) is 18.5 Å². The average molecular weight is 466 g/mol. The minimum Gasteiger partial charge on any atom is -0.491 e. The van der Waals surface area contributed by atoms with E-state index in [-0.39, 0.29) is 30.0 Å². The standard InChI is InChI=1S/C21H15F5N4O3/c22-14-10-12(3-5-15(14)33-21(24,25)26)20(7-9-32-16-2-1-8-27-18(16)20)30-19(31)29-13-4-6-17(23)28-11-13/h1-6,8,10-11H,7,9H2,(H2,29,30,31). The van der Waals surface area contributed by atoms with E-state index in [1.165, 1.54) is 18.3 Å². The maximum atomic E-state index is 14.6. The van der Waals surface area contributed by atoms with Crippen molar-refractivity contribution in [3.05, 3.63) is 77.9 Å². The van der Waals surface area contributed by atoms with Gasteiger partial charge in [-0.25, -0.2) is 14.2 Å². The van der Waals surface area contributed by atoms with Gasteiger partial charge in [-0.05, 0) is 42.0 Å². The lowest BCUT2D eigenvalue weighted by Crippen LogP contribution is -2.51. The largest absolute Gasteiger partial charge is 0.573 e. The summed E-state index contributed by atoms with van der Waals surface area (Å²) in [5.41, 5.74) is -0.931. The number of fused-ring (bicyclic) bond motifs is 1. The monoisotopic (exact) mass is 466 g/mol. The molecule has 1 atom stereocenters. The summed E-state index contributed by atoms with van der Waals surface area (Å²) in [7, 11) is 0. The molecule has 1 aliphatic heterocycles. The van der Waals surface area contributed by atoms with Crippen LogP contribution in [0, 0.1) is 11.8 Å². The Hall–Kier alpha value is -3.96. The van der Waals surface area contributed by atoms with E-state index in [1.807, 2.05) is 0 Å². The van der Waals surface area contributed by atoms with Gasteiger partial charge in [-0.3, -0.25) is 4.98 Å². The van der Waals surface area contributed by atoms with Gasteiger partial charge in [0.1, 0.15) is 17.0 Å². The molecule has 2 aromatic heterocycles. The third-order valence-electron chi connectivity index (χ3n) is 4.87. The molecular weight excluding hydrogens is 451 g/mol. The molecule has 0 aliphatic carbocycles. The third-order valence-corrected chi connectivity index (χ3v) is 4.87. The molecule has 33 heavy (non-hydrogen) atoms. The molecule has 1 aromatic carbocycles. The predicted octanol–water partition coefficient (Wildman–Crippen LogP) is 4.50. The molecule has 12 heteroatoms. The molecule has 0 fully saturated rings. The topological polar surface area (TPSA) is 85.4 Å². The first-order valence-corrected chi connectivity index (χ1v) is 9.51. The Balaban J connectivity index is 1.73. The second-order valence-corrected chi connectivity index (χ2v) is 7.00. The molecule has 3 heterocycles. The van der Waals surface area contributed by atoms with E-state index < -0.39 is 35.4 Å². The summed E-state index contributed by atoms with van der Waals surface area (Å²) >= 11 is 0. The molecule has 0 saturated heterocycles. The Morgan fingerprint density at radius 3 is 2.64 bits per heavy atom. The van der Waals surface area contributed by atoms with Crippen molar-refractivity contribution >= 4 is 11.7 Å². The van der Waals surface area contributed by atoms with Crippen LogP contribution in [0.25, 0.3) is 0 Å². The number of halogens is 5. The summed E-state index contributed by atoms with van der Waals surface area (Å²) in [6.07, 6.45) is -2.46. The van der Waals surface area contributed by atoms with Gasteiger partial charge in [0, 0.05) is 12.6 Å². The van der Waals surface area contributed by atoms with Crippen molar-refractivity contribution in [2.75, 3.05) is 11.9 Å². The van der Waals surface area contributed by atoms with Gasteiger partial charge >= 0.3 is 12.4 Å². The zero-order chi connectivity index (χ0) is 23.6. The fraction of sp³-hybridized carbons (Fsp3) is 0.190. The van der Waals surface area contributed by atoms with Crippen molar-refractivity contribution in [3.63, 3.8) is 0 Å². The zero-order valence-electron chi connectivity index (χ0n) is 16.6. The summed E-state index contributed by atoms with van der Waals surface area (Å²) < 4.78 is 74.5. The second-order valence-electron chi connectivity index (χ2n) is 7.00. The minimum absolute atomic E-state index is 0.0883. The molecule has 0 bridgehead atoms. The molecule has 4 rings (SSSR count). The number of pyridine rings is 2. The number of nitrogens with zero attached hydrogens (tertiary/aromatic N) is 2. The third kappa shape index (κ3) is 4.78. The van der Waals surface area contributed by atoms with Crippen LogP contribution in [0.4, 0.5) is 32.4 Å². The fourth-order valence-electron chi connectivity index (χ4n) is 3.51. The van der Waals surface area contributed by atoms with Gasteiger partial charge in [0.2, 0.25) is 5.95 Å². The van der Waals surface area contributed by atoms with E-state index in [1.54, 1.807) is 12.1 Å². The Labute approximate surface area is 183 Å². The van der Waals surface area contributed by atoms with Crippen LogP contribution in [0.15, 0.2) is 54.9 Å². The number of urea groups is 1. The van der Waals surface area contributed by atoms with Crippen LogP contribution in [-0.2, 0) is 5.54 Å². The number of aromatic nitrogens is 2. The van der Waals surface area contributed by atoms with Crippen molar-refractivity contribution in [3.8, 4) is 11.5 Å². The number of carbonyl (C=O) groups is 1. The number of rotatable bonds is 4. The van der Waals surface area contributed by atoms with Crippen molar-refractivity contribution in [1.82, 2.24) is 15.3 Å². The van der Waals surface area contributed by atoms with E-state index in [9.17, 15) is 26.7 Å². The highest BCUT2D eigenvalue weighted by molar-refractivity contribution is 5.90. The summed E-state index contributed by atoms with van der Waals surface area (Å²) in [6, 6.07) is 7.62. The molecule has 2 N–H and O–H groups in total. The second kappa shape index (κ2) is 8.52. The first-order chi connectivity index (χ1) is 15.7. The lowest BCUT2D eigenvalue weighted by Gasteiger charge is -2.39. The SMILES string of the molecule is O=C(Nc1ccc(F)nc1)NC1(c2ccc(OC(F)(F)F)c(F)c2)CCOc2cccnc21. The smallest absolute Gasteiger partial charge is 0.491 e. The molecule has 2 amide bonds. The number of benzene rings is 1. The van der Waals surface area contributed by atoms with Gasteiger partial charge in [-0.1, -0.05) is 6.07 Å². The molecule has 0 saturated carbocycles. The molecule has 7 nitrogen and oxygen atoms in total. The number of carbonyl (C=O) groups excluding carboxylic acids is 1. The minimum atomic E-state index is -5.08. The first kappa shape index (κ1) is 22.2. The maximum Gasteiger partial charge on any atom is 0.573 e. The molecule has 3 aromatic rings. The van der Waals surface area contributed by atoms with E-state index in [0.29, 0.717) is 5.75 Å². The highest BCUT2D eigenvalue weighted by atomic mass is 19.4. The summed E-state index contributed by atoms with van der Waals surface area (Å²) in [5, 5.41) is 5.20. The van der Waals surface area contributed by atoms with Crippen molar-refractivity contribution in [2.45, 2.75) is 18.3 Å². The quantitative estimate of drug-likeness (QED) is 0.437. The highest BCUT2D eigenvalue weighted by Crippen LogP contribution is 2.41. The number of amides is 2. The Kier molecular flexibility index (Phi) is 5.75. The summed E-state index contributed by atoms with van der Waals surface area (Å²) in [6.45, 7) is 0.0967. The molecule has 0 radical (unpaired) electrons. The number of nitrogens with one attached hydrogen (secondary N) is 2. The molecular formula is C21H15F5N4O3. The lowest BCUT2D eigenvalue weighted by atomic mass is 9.81. The van der Waals surface area contributed by atoms with Crippen LogP contribution in [0.3, 0.4) is 0 Å². The first-order valence-electron chi connectivity index (χ1n) is 9.51. The fourth-order valence-corrected chi connectivity index (χ4v) is 3.51. The number of anilines is 1. The van der Waals surface area contributed by atoms with E-state index in [2.05, 4.69) is 25.3 Å². The zero-order valence-corrected chi connectivity index (χ0v) is 16.6. The van der Waals surface area contributed by atoms with Crippen LogP contribution in [0.2, 0.25) is 0 Å². The molecule has 0 spiro atoms. The van der Waals surface area contributed by atoms with E-state index in [0.717, 1.165) is 24.4 Å². The Morgan fingerprint density at radius 1 is 1.12 bits per heavy atom. The van der Waals surface area contributed by atoms with Crippen LogP contribution in [-0.4, -0.2) is 29.0 Å².